The summed E-state index contributed by atoms with van der Waals surface area (Å²) in [5.41, 5.74) is 0.468. The number of hydrogen-bond acceptors (Lipinski definition) is 7. The van der Waals surface area contributed by atoms with Crippen LogP contribution in [-0.2, 0) is 9.53 Å². The minimum Gasteiger partial charge on any atom is -0.478 e. The molecule has 11 heteroatoms. The molecule has 11 nitrogen and oxygen atoms in total. The third-order valence-corrected chi connectivity index (χ3v) is 5.52. The van der Waals surface area contributed by atoms with E-state index in [1.165, 1.54) is 12.4 Å². The van der Waals surface area contributed by atoms with Gasteiger partial charge in [-0.05, 0) is 11.6 Å². The maximum atomic E-state index is 12.4. The number of rotatable bonds is 6. The molecular formula is C21H23N5O6. The van der Waals surface area contributed by atoms with E-state index in [9.17, 15) is 24.6 Å². The first-order valence-corrected chi connectivity index (χ1v) is 10.2. The third kappa shape index (κ3) is 3.87. The monoisotopic (exact) mass is 441 g/mol. The molecule has 0 saturated carbocycles. The van der Waals surface area contributed by atoms with Crippen molar-refractivity contribution in [3.8, 4) is 0 Å². The van der Waals surface area contributed by atoms with E-state index in [1.807, 2.05) is 0 Å². The topological polar surface area (TPSA) is 159 Å². The van der Waals surface area contributed by atoms with Gasteiger partial charge in [-0.25, -0.2) is 9.78 Å². The third-order valence-electron chi connectivity index (χ3n) is 5.52. The Hall–Kier alpha value is -3.57. The van der Waals surface area contributed by atoms with Gasteiger partial charge in [-0.3, -0.25) is 24.5 Å². The van der Waals surface area contributed by atoms with Crippen molar-refractivity contribution in [3.63, 3.8) is 0 Å². The number of aliphatic hydroxyl groups is 1. The summed E-state index contributed by atoms with van der Waals surface area (Å²) in [6.45, 7) is 3.12. The van der Waals surface area contributed by atoms with Gasteiger partial charge in [0.1, 0.15) is 6.23 Å². The maximum Gasteiger partial charge on any atom is 0.335 e. The molecule has 1 aromatic carbocycles. The highest BCUT2D eigenvalue weighted by atomic mass is 16.5. The molecule has 1 amide bonds. The molecule has 3 heterocycles. The molecule has 3 atom stereocenters. The number of aliphatic hydroxyl groups excluding tert-OH is 1. The number of carboxylic acids is 1. The molecule has 0 spiro atoms. The summed E-state index contributed by atoms with van der Waals surface area (Å²) in [6, 6.07) is 6.59. The lowest BCUT2D eigenvalue weighted by Crippen LogP contribution is -2.22. The number of carboxylic acid groups (broad SMARTS) is 1. The molecule has 168 valence electrons. The molecule has 0 aliphatic carbocycles. The van der Waals surface area contributed by atoms with Gasteiger partial charge < -0.3 is 14.9 Å². The van der Waals surface area contributed by atoms with E-state index in [-0.39, 0.29) is 41.1 Å². The number of fused-ring (bicyclic) bond motifs is 1. The predicted molar refractivity (Wildman–Crippen MR) is 113 cm³/mol. The second kappa shape index (κ2) is 8.52. The number of carbonyl (C=O) groups is 2. The number of benzene rings is 1. The number of aromatic nitrogens is 4. The van der Waals surface area contributed by atoms with Crippen LogP contribution in [0.3, 0.4) is 0 Å². The fraction of sp³-hybridized carbons (Fsp3) is 0.381. The van der Waals surface area contributed by atoms with E-state index in [4.69, 9.17) is 4.74 Å². The molecular weight excluding hydrogens is 418 g/mol. The minimum atomic E-state index is -1.06. The number of amides is 1. The number of imidazole rings is 1. The van der Waals surface area contributed by atoms with Crippen LogP contribution < -0.4 is 10.9 Å². The number of hydrogen-bond donors (Lipinski definition) is 4. The van der Waals surface area contributed by atoms with Gasteiger partial charge in [0.2, 0.25) is 11.9 Å². The summed E-state index contributed by atoms with van der Waals surface area (Å²) >= 11 is 0. The predicted octanol–water partition coefficient (Wildman–Crippen LogP) is 1.48. The van der Waals surface area contributed by atoms with Gasteiger partial charge >= 0.3 is 5.97 Å². The molecule has 0 radical (unpaired) electrons. The number of ether oxygens (including phenoxy) is 1. The molecule has 2 aromatic heterocycles. The molecule has 1 aliphatic rings. The van der Waals surface area contributed by atoms with Crippen molar-refractivity contribution in [2.75, 3.05) is 11.9 Å². The summed E-state index contributed by atoms with van der Waals surface area (Å²) in [4.78, 5) is 47.1. The first-order valence-electron chi connectivity index (χ1n) is 10.2. The van der Waals surface area contributed by atoms with Crippen molar-refractivity contribution in [1.82, 2.24) is 19.5 Å². The Labute approximate surface area is 182 Å². The first kappa shape index (κ1) is 21.7. The lowest BCUT2D eigenvalue weighted by Gasteiger charge is -2.17. The molecule has 3 aromatic rings. The lowest BCUT2D eigenvalue weighted by molar-refractivity contribution is -0.118. The van der Waals surface area contributed by atoms with E-state index in [0.29, 0.717) is 12.0 Å². The average Bonchev–Trinajstić information content (AvgIpc) is 3.37. The Bertz CT molecular complexity index is 1230. The number of nitrogens with one attached hydrogen (secondary N) is 2. The van der Waals surface area contributed by atoms with Crippen LogP contribution in [0.4, 0.5) is 5.95 Å². The van der Waals surface area contributed by atoms with Crippen molar-refractivity contribution in [2.24, 2.45) is 5.92 Å². The van der Waals surface area contributed by atoms with E-state index >= 15 is 0 Å². The summed E-state index contributed by atoms with van der Waals surface area (Å²) in [7, 11) is 0. The number of carbonyl (C=O) groups excluding carboxylic acids is 1. The normalized spacial score (nSPS) is 20.7. The fourth-order valence-corrected chi connectivity index (χ4v) is 3.87. The Morgan fingerprint density at radius 3 is 2.78 bits per heavy atom. The average molecular weight is 441 g/mol. The van der Waals surface area contributed by atoms with E-state index < -0.39 is 29.8 Å². The van der Waals surface area contributed by atoms with Gasteiger partial charge in [-0.15, -0.1) is 0 Å². The molecule has 1 fully saturated rings. The zero-order valence-corrected chi connectivity index (χ0v) is 17.5. The van der Waals surface area contributed by atoms with Crippen LogP contribution in [0, 0.1) is 5.92 Å². The maximum absolute atomic E-state index is 12.4. The van der Waals surface area contributed by atoms with E-state index in [0.717, 1.165) is 0 Å². The zero-order chi connectivity index (χ0) is 23.0. The van der Waals surface area contributed by atoms with E-state index in [1.54, 1.807) is 36.6 Å². The van der Waals surface area contributed by atoms with Gasteiger partial charge in [0.25, 0.3) is 5.56 Å². The highest BCUT2D eigenvalue weighted by Crippen LogP contribution is 2.41. The Morgan fingerprint density at radius 1 is 1.34 bits per heavy atom. The van der Waals surface area contributed by atoms with Gasteiger partial charge in [0.15, 0.2) is 11.2 Å². The van der Waals surface area contributed by atoms with Gasteiger partial charge in [-0.2, -0.15) is 4.98 Å². The van der Waals surface area contributed by atoms with Crippen molar-refractivity contribution in [3.05, 3.63) is 52.1 Å². The summed E-state index contributed by atoms with van der Waals surface area (Å²) in [5.74, 6) is -2.07. The fourth-order valence-electron chi connectivity index (χ4n) is 3.87. The Morgan fingerprint density at radius 2 is 2.09 bits per heavy atom. The summed E-state index contributed by atoms with van der Waals surface area (Å²) < 4.78 is 7.56. The van der Waals surface area contributed by atoms with Crippen molar-refractivity contribution >= 4 is 29.0 Å². The highest BCUT2D eigenvalue weighted by molar-refractivity contribution is 5.91. The van der Waals surface area contributed by atoms with Crippen LogP contribution >= 0.6 is 0 Å². The van der Waals surface area contributed by atoms with Crippen LogP contribution in [0.15, 0.2) is 35.4 Å². The molecule has 0 bridgehead atoms. The molecule has 0 unspecified atom stereocenters. The minimum absolute atomic E-state index is 0.00701. The highest BCUT2D eigenvalue weighted by Gasteiger charge is 2.39. The molecule has 32 heavy (non-hydrogen) atoms. The molecule has 4 rings (SSSR count). The first-order chi connectivity index (χ1) is 15.3. The largest absolute Gasteiger partial charge is 0.478 e. The molecule has 1 aliphatic heterocycles. The summed E-state index contributed by atoms with van der Waals surface area (Å²) in [6.07, 6.45) is 0.446. The number of H-pyrrole nitrogens is 1. The second-order valence-electron chi connectivity index (χ2n) is 7.93. The summed E-state index contributed by atoms with van der Waals surface area (Å²) in [5, 5.41) is 22.0. The SMILES string of the molecule is CC(C)C(=O)Nc1nc2c(ncn2[C@H]2C[C@H](c3ccccc3C(=O)O)[C@H](CO)O2)c(=O)[nH]1. The lowest BCUT2D eigenvalue weighted by atomic mass is 9.88. The van der Waals surface area contributed by atoms with Crippen molar-refractivity contribution in [2.45, 2.75) is 38.5 Å². The number of aromatic amines is 1. The number of anilines is 1. The van der Waals surface area contributed by atoms with Crippen LogP contribution in [0.2, 0.25) is 0 Å². The van der Waals surface area contributed by atoms with Crippen LogP contribution in [0.5, 0.6) is 0 Å². The molecule has 1 saturated heterocycles. The second-order valence-corrected chi connectivity index (χ2v) is 7.93. The Balaban J connectivity index is 1.71. The van der Waals surface area contributed by atoms with Gasteiger partial charge in [0.05, 0.1) is 24.6 Å². The molecule has 4 N–H and O–H groups in total. The standard InChI is InChI=1S/C21H23N5O6/c1-10(2)18(28)24-21-23-17-16(19(29)25-21)22-9-26(17)15-7-13(14(8-27)32-15)11-5-3-4-6-12(11)20(30)31/h3-6,9-10,13-15,27H,7-8H2,1-2H3,(H,30,31)(H2,23,24,25,28,29)/t13-,14+,15-/m1/s1. The van der Waals surface area contributed by atoms with Crippen LogP contribution in [0.1, 0.15) is 48.3 Å². The van der Waals surface area contributed by atoms with Crippen LogP contribution in [0.25, 0.3) is 11.2 Å². The smallest absolute Gasteiger partial charge is 0.335 e. The van der Waals surface area contributed by atoms with Crippen molar-refractivity contribution < 1.29 is 24.5 Å². The van der Waals surface area contributed by atoms with Crippen molar-refractivity contribution in [1.29, 1.82) is 0 Å². The number of aromatic carboxylic acids is 1. The zero-order valence-electron chi connectivity index (χ0n) is 17.5. The Kier molecular flexibility index (Phi) is 5.76. The quantitative estimate of drug-likeness (QED) is 0.447. The van der Waals surface area contributed by atoms with Crippen LogP contribution in [-0.4, -0.2) is 54.3 Å². The van der Waals surface area contributed by atoms with E-state index in [2.05, 4.69) is 20.3 Å². The number of nitrogens with zero attached hydrogens (tertiary/aromatic N) is 3. The van der Waals surface area contributed by atoms with Gasteiger partial charge in [-0.1, -0.05) is 32.0 Å². The van der Waals surface area contributed by atoms with Gasteiger partial charge in [0, 0.05) is 18.3 Å².